The van der Waals surface area contributed by atoms with Crippen LogP contribution in [0.4, 0.5) is 17.1 Å². The predicted octanol–water partition coefficient (Wildman–Crippen LogP) is 1.81. The average Bonchev–Trinajstić information content (AvgIpc) is 2.34. The highest BCUT2D eigenvalue weighted by molar-refractivity contribution is 5.69. The minimum absolute atomic E-state index is 0.252. The minimum Gasteiger partial charge on any atom is -0.397 e. The second-order valence-corrected chi connectivity index (χ2v) is 4.82. The van der Waals surface area contributed by atoms with Gasteiger partial charge in [-0.1, -0.05) is 12.8 Å². The maximum Gasteiger partial charge on any atom is 0.0568 e. The highest BCUT2D eigenvalue weighted by atomic mass is 16.3. The number of rotatable bonds is 3. The van der Waals surface area contributed by atoms with Crippen LogP contribution in [-0.4, -0.2) is 17.8 Å². The average molecular weight is 235 g/mol. The predicted molar refractivity (Wildman–Crippen MR) is 71.7 cm³/mol. The van der Waals surface area contributed by atoms with Gasteiger partial charge in [0.05, 0.1) is 11.4 Å². The van der Waals surface area contributed by atoms with Gasteiger partial charge in [0.2, 0.25) is 0 Å². The van der Waals surface area contributed by atoms with E-state index in [1.54, 1.807) is 0 Å². The van der Waals surface area contributed by atoms with Gasteiger partial charge in [0, 0.05) is 24.3 Å². The zero-order valence-corrected chi connectivity index (χ0v) is 10.0. The normalized spacial score (nSPS) is 24.5. The number of nitrogen functional groups attached to an aromatic ring is 2. The van der Waals surface area contributed by atoms with Crippen molar-refractivity contribution in [2.75, 3.05) is 23.4 Å². The van der Waals surface area contributed by atoms with Crippen LogP contribution < -0.4 is 16.8 Å². The van der Waals surface area contributed by atoms with E-state index in [9.17, 15) is 5.11 Å². The first-order valence-electron chi connectivity index (χ1n) is 6.23. The van der Waals surface area contributed by atoms with Crippen molar-refractivity contribution >= 4 is 17.1 Å². The molecule has 0 heterocycles. The van der Waals surface area contributed by atoms with Gasteiger partial charge in [0.15, 0.2) is 0 Å². The standard InChI is InChI=1S/C13H21N3O/c14-11-6-5-10(7-12(11)15)16-13-4-2-1-3-9(13)8-17/h5-7,9,13,16-17H,1-4,8,14-15H2. The van der Waals surface area contributed by atoms with Crippen molar-refractivity contribution in [3.05, 3.63) is 18.2 Å². The maximum absolute atomic E-state index is 9.35. The molecule has 0 aromatic heterocycles. The Labute approximate surface area is 102 Å². The fraction of sp³-hybridized carbons (Fsp3) is 0.538. The summed E-state index contributed by atoms with van der Waals surface area (Å²) in [6.45, 7) is 0.252. The highest BCUT2D eigenvalue weighted by Crippen LogP contribution is 2.28. The summed E-state index contributed by atoms with van der Waals surface area (Å²) in [6, 6.07) is 5.96. The van der Waals surface area contributed by atoms with Crippen LogP contribution in [0.2, 0.25) is 0 Å². The molecule has 1 aliphatic carbocycles. The summed E-state index contributed by atoms with van der Waals surface area (Å²) in [5, 5.41) is 12.8. The molecule has 6 N–H and O–H groups in total. The molecule has 1 saturated carbocycles. The Morgan fingerprint density at radius 3 is 2.65 bits per heavy atom. The van der Waals surface area contributed by atoms with Crippen LogP contribution in [0.25, 0.3) is 0 Å². The number of hydrogen-bond donors (Lipinski definition) is 4. The number of aliphatic hydroxyl groups excluding tert-OH is 1. The monoisotopic (exact) mass is 235 g/mol. The molecular weight excluding hydrogens is 214 g/mol. The molecule has 1 aromatic carbocycles. The summed E-state index contributed by atoms with van der Waals surface area (Å²) >= 11 is 0. The van der Waals surface area contributed by atoms with Crippen molar-refractivity contribution in [1.82, 2.24) is 0 Å². The Morgan fingerprint density at radius 1 is 1.18 bits per heavy atom. The molecule has 17 heavy (non-hydrogen) atoms. The topological polar surface area (TPSA) is 84.3 Å². The molecule has 1 fully saturated rings. The lowest BCUT2D eigenvalue weighted by molar-refractivity contribution is 0.178. The first-order chi connectivity index (χ1) is 8.20. The van der Waals surface area contributed by atoms with Crippen LogP contribution in [0.3, 0.4) is 0 Å². The van der Waals surface area contributed by atoms with Gasteiger partial charge in [-0.3, -0.25) is 0 Å². The summed E-state index contributed by atoms with van der Waals surface area (Å²) < 4.78 is 0. The number of nitrogens with one attached hydrogen (secondary N) is 1. The van der Waals surface area contributed by atoms with E-state index < -0.39 is 0 Å². The second kappa shape index (κ2) is 5.27. The van der Waals surface area contributed by atoms with E-state index in [0.29, 0.717) is 23.3 Å². The Hall–Kier alpha value is -1.42. The molecule has 1 aliphatic rings. The molecule has 0 spiro atoms. The highest BCUT2D eigenvalue weighted by Gasteiger charge is 2.24. The molecule has 0 aliphatic heterocycles. The zero-order valence-electron chi connectivity index (χ0n) is 10.0. The summed E-state index contributed by atoms with van der Waals surface area (Å²) in [6.07, 6.45) is 4.64. The molecule has 1 aromatic rings. The zero-order chi connectivity index (χ0) is 12.3. The molecule has 4 heteroatoms. The van der Waals surface area contributed by atoms with Crippen molar-refractivity contribution in [2.24, 2.45) is 5.92 Å². The second-order valence-electron chi connectivity index (χ2n) is 4.82. The molecule has 0 bridgehead atoms. The quantitative estimate of drug-likeness (QED) is 0.602. The van der Waals surface area contributed by atoms with Crippen LogP contribution in [-0.2, 0) is 0 Å². The summed E-state index contributed by atoms with van der Waals surface area (Å²) in [5.74, 6) is 0.350. The van der Waals surface area contributed by atoms with Crippen molar-refractivity contribution < 1.29 is 5.11 Å². The van der Waals surface area contributed by atoms with Crippen LogP contribution >= 0.6 is 0 Å². The largest absolute Gasteiger partial charge is 0.397 e. The van der Waals surface area contributed by atoms with Crippen molar-refractivity contribution in [3.63, 3.8) is 0 Å². The molecule has 0 radical (unpaired) electrons. The summed E-state index contributed by atoms with van der Waals surface area (Å²) in [4.78, 5) is 0. The molecule has 2 rings (SSSR count). The number of benzene rings is 1. The molecular formula is C13H21N3O. The number of aliphatic hydroxyl groups is 1. The van der Waals surface area contributed by atoms with Gasteiger partial charge in [0.25, 0.3) is 0 Å². The third kappa shape index (κ3) is 2.82. The van der Waals surface area contributed by atoms with E-state index in [-0.39, 0.29) is 6.61 Å². The third-order valence-electron chi connectivity index (χ3n) is 3.58. The molecule has 2 atom stereocenters. The molecule has 0 amide bonds. The Kier molecular flexibility index (Phi) is 3.74. The minimum atomic E-state index is 0.252. The number of anilines is 3. The first kappa shape index (κ1) is 12.0. The van der Waals surface area contributed by atoms with E-state index in [0.717, 1.165) is 18.5 Å². The van der Waals surface area contributed by atoms with Crippen LogP contribution in [0, 0.1) is 5.92 Å². The SMILES string of the molecule is Nc1ccc(NC2CCCCC2CO)cc1N. The smallest absolute Gasteiger partial charge is 0.0568 e. The van der Waals surface area contributed by atoms with Gasteiger partial charge in [-0.2, -0.15) is 0 Å². The fourth-order valence-electron chi connectivity index (χ4n) is 2.49. The lowest BCUT2D eigenvalue weighted by atomic mass is 9.85. The Morgan fingerprint density at radius 2 is 1.94 bits per heavy atom. The van der Waals surface area contributed by atoms with Gasteiger partial charge >= 0.3 is 0 Å². The fourth-order valence-corrected chi connectivity index (χ4v) is 2.49. The molecule has 2 unspecified atom stereocenters. The van der Waals surface area contributed by atoms with E-state index in [4.69, 9.17) is 11.5 Å². The van der Waals surface area contributed by atoms with Gasteiger partial charge in [-0.25, -0.2) is 0 Å². The first-order valence-corrected chi connectivity index (χ1v) is 6.23. The van der Waals surface area contributed by atoms with Gasteiger partial charge in [-0.05, 0) is 31.0 Å². The maximum atomic E-state index is 9.35. The van der Waals surface area contributed by atoms with Crippen LogP contribution in [0.1, 0.15) is 25.7 Å². The Bertz CT molecular complexity index is 381. The molecule has 4 nitrogen and oxygen atoms in total. The number of hydrogen-bond acceptors (Lipinski definition) is 4. The van der Waals surface area contributed by atoms with Gasteiger partial charge < -0.3 is 21.9 Å². The molecule has 0 saturated heterocycles. The number of nitrogens with two attached hydrogens (primary N) is 2. The van der Waals surface area contributed by atoms with Gasteiger partial charge in [0.1, 0.15) is 0 Å². The van der Waals surface area contributed by atoms with E-state index >= 15 is 0 Å². The van der Waals surface area contributed by atoms with E-state index in [1.165, 1.54) is 12.8 Å². The molecule has 94 valence electrons. The lowest BCUT2D eigenvalue weighted by Crippen LogP contribution is -2.34. The van der Waals surface area contributed by atoms with Crippen LogP contribution in [0.15, 0.2) is 18.2 Å². The van der Waals surface area contributed by atoms with Crippen molar-refractivity contribution in [3.8, 4) is 0 Å². The van der Waals surface area contributed by atoms with E-state index in [2.05, 4.69) is 5.32 Å². The van der Waals surface area contributed by atoms with Crippen molar-refractivity contribution in [2.45, 2.75) is 31.7 Å². The van der Waals surface area contributed by atoms with E-state index in [1.807, 2.05) is 18.2 Å². The van der Waals surface area contributed by atoms with Gasteiger partial charge in [-0.15, -0.1) is 0 Å². The third-order valence-corrected chi connectivity index (χ3v) is 3.58. The Balaban J connectivity index is 2.05. The van der Waals surface area contributed by atoms with Crippen LogP contribution in [0.5, 0.6) is 0 Å². The summed E-state index contributed by atoms with van der Waals surface area (Å²) in [5.41, 5.74) is 13.7. The summed E-state index contributed by atoms with van der Waals surface area (Å²) in [7, 11) is 0. The van der Waals surface area contributed by atoms with Crippen molar-refractivity contribution in [1.29, 1.82) is 0 Å². The lowest BCUT2D eigenvalue weighted by Gasteiger charge is -2.31.